The first-order valence-electron chi connectivity index (χ1n) is 7.35. The molecule has 3 nitrogen and oxygen atoms in total. The lowest BCUT2D eigenvalue weighted by Crippen LogP contribution is -2.30. The Bertz CT molecular complexity index is 673. The van der Waals surface area contributed by atoms with Crippen molar-refractivity contribution in [1.29, 1.82) is 0 Å². The fourth-order valence-corrected chi connectivity index (χ4v) is 2.94. The Hall–Kier alpha value is -1.49. The van der Waals surface area contributed by atoms with E-state index in [0.29, 0.717) is 11.6 Å². The lowest BCUT2D eigenvalue weighted by atomic mass is 10.2. The minimum Gasteiger partial charge on any atom is -0.325 e. The smallest absolute Gasteiger partial charge is 0.238 e. The standard InChI is InChI=1S/C18H21ClN2OS/c1-13-10-15(19)6-9-17(13)20-18(22)12-21(2)11-14-4-7-16(23-3)8-5-14/h4-10H,11-12H2,1-3H3,(H,20,22). The Labute approximate surface area is 147 Å². The third-order valence-electron chi connectivity index (χ3n) is 3.49. The molecule has 0 aliphatic carbocycles. The summed E-state index contributed by atoms with van der Waals surface area (Å²) in [4.78, 5) is 15.4. The van der Waals surface area contributed by atoms with E-state index in [1.165, 1.54) is 10.5 Å². The van der Waals surface area contributed by atoms with Gasteiger partial charge in [0.2, 0.25) is 5.91 Å². The van der Waals surface area contributed by atoms with E-state index in [9.17, 15) is 4.79 Å². The molecule has 0 saturated carbocycles. The highest BCUT2D eigenvalue weighted by Gasteiger charge is 2.09. The number of amides is 1. The van der Waals surface area contributed by atoms with Gasteiger partial charge in [-0.1, -0.05) is 23.7 Å². The molecule has 0 saturated heterocycles. The van der Waals surface area contributed by atoms with Gasteiger partial charge in [-0.25, -0.2) is 0 Å². The number of likely N-dealkylation sites (N-methyl/N-ethyl adjacent to an activating group) is 1. The van der Waals surface area contributed by atoms with Crippen LogP contribution in [0.5, 0.6) is 0 Å². The predicted octanol–water partition coefficient (Wildman–Crippen LogP) is 4.44. The van der Waals surface area contributed by atoms with Crippen LogP contribution < -0.4 is 5.32 Å². The Morgan fingerprint density at radius 3 is 2.52 bits per heavy atom. The van der Waals surface area contributed by atoms with Crippen LogP contribution in [0, 0.1) is 6.92 Å². The number of halogens is 1. The molecule has 0 atom stereocenters. The van der Waals surface area contributed by atoms with Crippen molar-refractivity contribution in [3.8, 4) is 0 Å². The number of nitrogens with one attached hydrogen (secondary N) is 1. The van der Waals surface area contributed by atoms with Crippen molar-refractivity contribution in [2.24, 2.45) is 0 Å². The van der Waals surface area contributed by atoms with Gasteiger partial charge < -0.3 is 5.32 Å². The Kier molecular flexibility index (Phi) is 6.51. The quantitative estimate of drug-likeness (QED) is 0.783. The predicted molar refractivity (Wildman–Crippen MR) is 99.4 cm³/mol. The van der Waals surface area contributed by atoms with Crippen molar-refractivity contribution < 1.29 is 4.79 Å². The van der Waals surface area contributed by atoms with Gasteiger partial charge in [-0.2, -0.15) is 0 Å². The minimum atomic E-state index is -0.0290. The van der Waals surface area contributed by atoms with Gasteiger partial charge in [-0.3, -0.25) is 9.69 Å². The minimum absolute atomic E-state index is 0.0290. The van der Waals surface area contributed by atoms with Crippen LogP contribution in [0.15, 0.2) is 47.4 Å². The molecule has 0 aromatic heterocycles. The van der Waals surface area contributed by atoms with Crippen molar-refractivity contribution in [3.63, 3.8) is 0 Å². The van der Waals surface area contributed by atoms with E-state index in [1.807, 2.05) is 31.0 Å². The molecule has 0 radical (unpaired) electrons. The molecule has 23 heavy (non-hydrogen) atoms. The number of benzene rings is 2. The largest absolute Gasteiger partial charge is 0.325 e. The second-order valence-electron chi connectivity index (χ2n) is 5.53. The van der Waals surface area contributed by atoms with E-state index in [4.69, 9.17) is 11.6 Å². The van der Waals surface area contributed by atoms with Crippen LogP contribution in [0.3, 0.4) is 0 Å². The number of aryl methyl sites for hydroxylation is 1. The number of anilines is 1. The number of carbonyl (C=O) groups excluding carboxylic acids is 1. The fraction of sp³-hybridized carbons (Fsp3) is 0.278. The third-order valence-corrected chi connectivity index (χ3v) is 4.47. The molecular formula is C18H21ClN2OS. The van der Waals surface area contributed by atoms with Crippen molar-refractivity contribution in [1.82, 2.24) is 4.90 Å². The first-order chi connectivity index (χ1) is 11.0. The van der Waals surface area contributed by atoms with Crippen molar-refractivity contribution in [3.05, 3.63) is 58.6 Å². The summed E-state index contributed by atoms with van der Waals surface area (Å²) in [6.45, 7) is 3.01. The summed E-state index contributed by atoms with van der Waals surface area (Å²) < 4.78 is 0. The molecule has 0 heterocycles. The molecule has 0 spiro atoms. The molecule has 2 aromatic carbocycles. The van der Waals surface area contributed by atoms with E-state index < -0.39 is 0 Å². The summed E-state index contributed by atoms with van der Waals surface area (Å²) in [5, 5.41) is 3.60. The average molecular weight is 349 g/mol. The number of nitrogens with zero attached hydrogens (tertiary/aromatic N) is 1. The Morgan fingerprint density at radius 1 is 1.22 bits per heavy atom. The maximum absolute atomic E-state index is 12.2. The molecular weight excluding hydrogens is 328 g/mol. The number of hydrogen-bond acceptors (Lipinski definition) is 3. The number of carbonyl (C=O) groups is 1. The van der Waals surface area contributed by atoms with Crippen molar-refractivity contribution in [2.45, 2.75) is 18.4 Å². The van der Waals surface area contributed by atoms with Gasteiger partial charge in [0.05, 0.1) is 6.54 Å². The molecule has 2 rings (SSSR count). The van der Waals surface area contributed by atoms with Crippen LogP contribution in [-0.2, 0) is 11.3 Å². The fourth-order valence-electron chi connectivity index (χ4n) is 2.30. The molecule has 122 valence electrons. The summed E-state index contributed by atoms with van der Waals surface area (Å²) >= 11 is 7.65. The zero-order valence-corrected chi connectivity index (χ0v) is 15.2. The Balaban J connectivity index is 1.88. The monoisotopic (exact) mass is 348 g/mol. The maximum Gasteiger partial charge on any atom is 0.238 e. The van der Waals surface area contributed by atoms with Crippen LogP contribution in [0.2, 0.25) is 5.02 Å². The SMILES string of the molecule is CSc1ccc(CN(C)CC(=O)Nc2ccc(Cl)cc2C)cc1. The van der Waals surface area contributed by atoms with Gasteiger partial charge in [0.1, 0.15) is 0 Å². The van der Waals surface area contributed by atoms with Crippen molar-refractivity contribution in [2.75, 3.05) is 25.2 Å². The van der Waals surface area contributed by atoms with E-state index in [0.717, 1.165) is 17.8 Å². The molecule has 0 fully saturated rings. The summed E-state index contributed by atoms with van der Waals surface area (Å²) in [5.41, 5.74) is 2.96. The lowest BCUT2D eigenvalue weighted by Gasteiger charge is -2.17. The van der Waals surface area contributed by atoms with E-state index in [1.54, 1.807) is 17.8 Å². The first kappa shape index (κ1) is 17.9. The van der Waals surface area contributed by atoms with Crippen molar-refractivity contribution >= 4 is 35.0 Å². The normalized spacial score (nSPS) is 10.8. The van der Waals surface area contributed by atoms with Crippen LogP contribution in [-0.4, -0.2) is 30.7 Å². The first-order valence-corrected chi connectivity index (χ1v) is 8.95. The summed E-state index contributed by atoms with van der Waals surface area (Å²) in [5.74, 6) is -0.0290. The summed E-state index contributed by atoms with van der Waals surface area (Å²) in [7, 11) is 1.94. The second kappa shape index (κ2) is 8.39. The lowest BCUT2D eigenvalue weighted by molar-refractivity contribution is -0.117. The van der Waals surface area contributed by atoms with Gasteiger partial charge in [-0.05, 0) is 61.7 Å². The highest BCUT2D eigenvalue weighted by molar-refractivity contribution is 7.98. The van der Waals surface area contributed by atoms with Gasteiger partial charge in [-0.15, -0.1) is 11.8 Å². The van der Waals surface area contributed by atoms with Gasteiger partial charge in [0.15, 0.2) is 0 Å². The molecule has 1 amide bonds. The number of hydrogen-bond donors (Lipinski definition) is 1. The highest BCUT2D eigenvalue weighted by Crippen LogP contribution is 2.19. The Morgan fingerprint density at radius 2 is 1.91 bits per heavy atom. The topological polar surface area (TPSA) is 32.3 Å². The van der Waals surface area contributed by atoms with E-state index >= 15 is 0 Å². The molecule has 0 bridgehead atoms. The van der Waals surface area contributed by atoms with Gasteiger partial charge >= 0.3 is 0 Å². The van der Waals surface area contributed by atoms with Crippen LogP contribution >= 0.6 is 23.4 Å². The summed E-state index contributed by atoms with van der Waals surface area (Å²) in [6.07, 6.45) is 2.06. The zero-order valence-electron chi connectivity index (χ0n) is 13.6. The molecule has 0 aliphatic rings. The highest BCUT2D eigenvalue weighted by atomic mass is 35.5. The molecule has 2 aromatic rings. The van der Waals surface area contributed by atoms with Crippen LogP contribution in [0.25, 0.3) is 0 Å². The van der Waals surface area contributed by atoms with E-state index in [2.05, 4.69) is 35.8 Å². The van der Waals surface area contributed by atoms with Crippen LogP contribution in [0.4, 0.5) is 5.69 Å². The van der Waals surface area contributed by atoms with E-state index in [-0.39, 0.29) is 5.91 Å². The third kappa shape index (κ3) is 5.57. The zero-order chi connectivity index (χ0) is 16.8. The average Bonchev–Trinajstić information content (AvgIpc) is 2.50. The van der Waals surface area contributed by atoms with Gasteiger partial charge in [0.25, 0.3) is 0 Å². The van der Waals surface area contributed by atoms with Crippen LogP contribution in [0.1, 0.15) is 11.1 Å². The molecule has 5 heteroatoms. The second-order valence-corrected chi connectivity index (χ2v) is 6.84. The summed E-state index contributed by atoms with van der Waals surface area (Å²) in [6, 6.07) is 13.9. The maximum atomic E-state index is 12.2. The van der Waals surface area contributed by atoms with Gasteiger partial charge in [0, 0.05) is 22.2 Å². The molecule has 0 aliphatic heterocycles. The molecule has 0 unspecified atom stereocenters. The molecule has 1 N–H and O–H groups in total. The number of thioether (sulfide) groups is 1. The number of rotatable bonds is 6.